The Bertz CT molecular complexity index is 649. The molecule has 0 aliphatic rings. The van der Waals surface area contributed by atoms with Crippen LogP contribution in [0.2, 0.25) is 0 Å². The molecule has 0 saturated carbocycles. The number of amides is 1. The first kappa shape index (κ1) is 15.3. The van der Waals surface area contributed by atoms with Crippen LogP contribution in [0.3, 0.4) is 0 Å². The van der Waals surface area contributed by atoms with E-state index in [1.165, 1.54) is 18.2 Å². The first-order valence-corrected chi connectivity index (χ1v) is 7.00. The SMILES string of the molecule is COc1ccc(Br)cc1NCC(=O)Nc1cccc(F)c1. The molecule has 2 rings (SSSR count). The number of benzene rings is 2. The van der Waals surface area contributed by atoms with Crippen LogP contribution in [0, 0.1) is 5.82 Å². The van der Waals surface area contributed by atoms with Gasteiger partial charge in [0, 0.05) is 10.2 Å². The van der Waals surface area contributed by atoms with E-state index in [2.05, 4.69) is 26.6 Å². The van der Waals surface area contributed by atoms with Crippen molar-refractivity contribution in [2.75, 3.05) is 24.3 Å². The van der Waals surface area contributed by atoms with Crippen LogP contribution in [0.25, 0.3) is 0 Å². The van der Waals surface area contributed by atoms with Gasteiger partial charge in [-0.2, -0.15) is 0 Å². The standard InChI is InChI=1S/C15H14BrFN2O2/c1-21-14-6-5-10(16)7-13(14)18-9-15(20)19-12-4-2-3-11(17)8-12/h2-8,18H,9H2,1H3,(H,19,20). The van der Waals surface area contributed by atoms with E-state index in [1.807, 2.05) is 12.1 Å². The monoisotopic (exact) mass is 352 g/mol. The summed E-state index contributed by atoms with van der Waals surface area (Å²) in [4.78, 5) is 11.8. The molecule has 6 heteroatoms. The number of halogens is 2. The molecule has 2 aromatic rings. The summed E-state index contributed by atoms with van der Waals surface area (Å²) in [6.45, 7) is 0.0450. The Morgan fingerprint density at radius 1 is 1.29 bits per heavy atom. The van der Waals surface area contributed by atoms with Crippen molar-refractivity contribution in [3.05, 3.63) is 52.8 Å². The molecule has 0 fully saturated rings. The fraction of sp³-hybridized carbons (Fsp3) is 0.133. The van der Waals surface area contributed by atoms with Gasteiger partial charge in [0.05, 0.1) is 19.3 Å². The van der Waals surface area contributed by atoms with E-state index < -0.39 is 5.82 Å². The molecular formula is C15H14BrFN2O2. The summed E-state index contributed by atoms with van der Waals surface area (Å²) in [6, 6.07) is 11.2. The molecule has 0 radical (unpaired) electrons. The Hall–Kier alpha value is -2.08. The fourth-order valence-corrected chi connectivity index (χ4v) is 2.13. The Kier molecular flexibility index (Phi) is 5.16. The normalized spacial score (nSPS) is 10.0. The fourth-order valence-electron chi connectivity index (χ4n) is 1.77. The number of anilines is 2. The van der Waals surface area contributed by atoms with E-state index in [1.54, 1.807) is 19.2 Å². The summed E-state index contributed by atoms with van der Waals surface area (Å²) in [5.74, 6) is -0.0335. The molecule has 0 saturated heterocycles. The molecular weight excluding hydrogens is 339 g/mol. The topological polar surface area (TPSA) is 50.4 Å². The number of ether oxygens (including phenoxy) is 1. The second kappa shape index (κ2) is 7.08. The van der Waals surface area contributed by atoms with Crippen LogP contribution >= 0.6 is 15.9 Å². The van der Waals surface area contributed by atoms with Crippen LogP contribution in [-0.4, -0.2) is 19.6 Å². The zero-order valence-electron chi connectivity index (χ0n) is 11.3. The van der Waals surface area contributed by atoms with Gasteiger partial charge in [-0.05, 0) is 36.4 Å². The third-order valence-corrected chi connectivity index (χ3v) is 3.20. The second-order valence-corrected chi connectivity index (χ2v) is 5.17. The molecule has 0 aliphatic heterocycles. The lowest BCUT2D eigenvalue weighted by Crippen LogP contribution is -2.22. The van der Waals surface area contributed by atoms with Crippen LogP contribution in [0.1, 0.15) is 0 Å². The van der Waals surface area contributed by atoms with Gasteiger partial charge in [0.25, 0.3) is 0 Å². The highest BCUT2D eigenvalue weighted by molar-refractivity contribution is 9.10. The molecule has 2 N–H and O–H groups in total. The van der Waals surface area contributed by atoms with E-state index in [4.69, 9.17) is 4.74 Å². The minimum Gasteiger partial charge on any atom is -0.495 e. The summed E-state index contributed by atoms with van der Waals surface area (Å²) in [7, 11) is 1.56. The maximum atomic E-state index is 13.0. The van der Waals surface area contributed by atoms with Crippen molar-refractivity contribution >= 4 is 33.2 Å². The average molecular weight is 353 g/mol. The summed E-state index contributed by atoms with van der Waals surface area (Å²) in [6.07, 6.45) is 0. The quantitative estimate of drug-likeness (QED) is 0.863. The van der Waals surface area contributed by atoms with E-state index >= 15 is 0 Å². The lowest BCUT2D eigenvalue weighted by atomic mass is 10.3. The molecule has 4 nitrogen and oxygen atoms in total. The molecule has 0 unspecified atom stereocenters. The number of hydrogen-bond donors (Lipinski definition) is 2. The summed E-state index contributed by atoms with van der Waals surface area (Å²) >= 11 is 3.36. The summed E-state index contributed by atoms with van der Waals surface area (Å²) in [5, 5.41) is 5.59. The Labute approximate surface area is 130 Å². The van der Waals surface area contributed by atoms with Gasteiger partial charge in [-0.3, -0.25) is 4.79 Å². The molecule has 110 valence electrons. The van der Waals surface area contributed by atoms with Gasteiger partial charge in [0.15, 0.2) is 0 Å². The molecule has 0 spiro atoms. The van der Waals surface area contributed by atoms with Gasteiger partial charge in [-0.25, -0.2) is 4.39 Å². The van der Waals surface area contributed by atoms with Crippen molar-refractivity contribution in [1.29, 1.82) is 0 Å². The number of methoxy groups -OCH3 is 1. The zero-order valence-corrected chi connectivity index (χ0v) is 12.9. The first-order valence-electron chi connectivity index (χ1n) is 6.21. The van der Waals surface area contributed by atoms with E-state index in [0.29, 0.717) is 17.1 Å². The zero-order chi connectivity index (χ0) is 15.2. The summed E-state index contributed by atoms with van der Waals surface area (Å²) in [5.41, 5.74) is 1.12. The second-order valence-electron chi connectivity index (χ2n) is 4.26. The number of carbonyl (C=O) groups excluding carboxylic acids is 1. The molecule has 0 bridgehead atoms. The van der Waals surface area contributed by atoms with Crippen molar-refractivity contribution in [2.45, 2.75) is 0 Å². The first-order chi connectivity index (χ1) is 10.1. The van der Waals surface area contributed by atoms with E-state index in [9.17, 15) is 9.18 Å². The molecule has 2 aromatic carbocycles. The average Bonchev–Trinajstić information content (AvgIpc) is 2.45. The Morgan fingerprint density at radius 2 is 2.10 bits per heavy atom. The van der Waals surface area contributed by atoms with Gasteiger partial charge in [-0.15, -0.1) is 0 Å². The molecule has 0 aliphatic carbocycles. The minimum atomic E-state index is -0.394. The van der Waals surface area contributed by atoms with Gasteiger partial charge in [0.2, 0.25) is 5.91 Å². The predicted octanol–water partition coefficient (Wildman–Crippen LogP) is 3.65. The molecule has 21 heavy (non-hydrogen) atoms. The van der Waals surface area contributed by atoms with Gasteiger partial charge in [0.1, 0.15) is 11.6 Å². The van der Waals surface area contributed by atoms with Gasteiger partial charge >= 0.3 is 0 Å². The lowest BCUT2D eigenvalue weighted by Gasteiger charge is -2.11. The van der Waals surface area contributed by atoms with Gasteiger partial charge < -0.3 is 15.4 Å². The lowest BCUT2D eigenvalue weighted by molar-refractivity contribution is -0.114. The smallest absolute Gasteiger partial charge is 0.243 e. The van der Waals surface area contributed by atoms with Crippen LogP contribution in [0.4, 0.5) is 15.8 Å². The third kappa shape index (κ3) is 4.46. The van der Waals surface area contributed by atoms with Crippen LogP contribution in [0.5, 0.6) is 5.75 Å². The van der Waals surface area contributed by atoms with Crippen molar-refractivity contribution < 1.29 is 13.9 Å². The number of rotatable bonds is 5. The molecule has 0 atom stereocenters. The number of hydrogen-bond acceptors (Lipinski definition) is 3. The van der Waals surface area contributed by atoms with Crippen molar-refractivity contribution in [3.8, 4) is 5.75 Å². The Morgan fingerprint density at radius 3 is 2.81 bits per heavy atom. The molecule has 1 amide bonds. The number of carbonyl (C=O) groups is 1. The van der Waals surface area contributed by atoms with Crippen molar-refractivity contribution in [1.82, 2.24) is 0 Å². The number of nitrogens with one attached hydrogen (secondary N) is 2. The van der Waals surface area contributed by atoms with Crippen molar-refractivity contribution in [3.63, 3.8) is 0 Å². The highest BCUT2D eigenvalue weighted by atomic mass is 79.9. The van der Waals surface area contributed by atoms with Crippen LogP contribution in [-0.2, 0) is 4.79 Å². The maximum Gasteiger partial charge on any atom is 0.243 e. The highest BCUT2D eigenvalue weighted by Crippen LogP contribution is 2.27. The van der Waals surface area contributed by atoms with Gasteiger partial charge in [-0.1, -0.05) is 22.0 Å². The van der Waals surface area contributed by atoms with E-state index in [-0.39, 0.29) is 12.5 Å². The van der Waals surface area contributed by atoms with Crippen LogP contribution < -0.4 is 15.4 Å². The minimum absolute atomic E-state index is 0.0450. The Balaban J connectivity index is 1.96. The van der Waals surface area contributed by atoms with E-state index in [0.717, 1.165) is 4.47 Å². The van der Waals surface area contributed by atoms with Crippen LogP contribution in [0.15, 0.2) is 46.9 Å². The van der Waals surface area contributed by atoms with Crippen molar-refractivity contribution in [2.24, 2.45) is 0 Å². The molecule has 0 aromatic heterocycles. The third-order valence-electron chi connectivity index (χ3n) is 2.71. The predicted molar refractivity (Wildman–Crippen MR) is 84.2 cm³/mol. The largest absolute Gasteiger partial charge is 0.495 e. The maximum absolute atomic E-state index is 13.0. The molecule has 0 heterocycles. The highest BCUT2D eigenvalue weighted by Gasteiger charge is 2.07. The summed E-state index contributed by atoms with van der Waals surface area (Å²) < 4.78 is 19.1.